The number of ether oxygens (including phenoxy) is 1. The number of carbonyl (C=O) groups is 1. The van der Waals surface area contributed by atoms with Gasteiger partial charge in [0, 0.05) is 26.3 Å². The number of aliphatic hydroxyl groups is 1. The molecule has 0 aliphatic heterocycles. The molecule has 1 aliphatic rings. The molecule has 4 nitrogen and oxygen atoms in total. The minimum atomic E-state index is -0.205. The molecule has 0 aromatic carbocycles. The average molecular weight is 243 g/mol. The number of aliphatic hydroxyl groups excluding tert-OH is 1. The van der Waals surface area contributed by atoms with E-state index >= 15 is 0 Å². The van der Waals surface area contributed by atoms with Gasteiger partial charge in [0.1, 0.15) is 0 Å². The van der Waals surface area contributed by atoms with Gasteiger partial charge in [-0.3, -0.25) is 4.79 Å². The minimum Gasteiger partial charge on any atom is -0.396 e. The molecule has 0 heterocycles. The van der Waals surface area contributed by atoms with Crippen molar-refractivity contribution in [1.29, 1.82) is 0 Å². The summed E-state index contributed by atoms with van der Waals surface area (Å²) in [5.41, 5.74) is -0.205. The van der Waals surface area contributed by atoms with Crippen molar-refractivity contribution in [3.8, 4) is 0 Å². The van der Waals surface area contributed by atoms with Crippen molar-refractivity contribution in [2.45, 2.75) is 57.6 Å². The molecule has 0 saturated heterocycles. The van der Waals surface area contributed by atoms with Crippen molar-refractivity contribution in [2.24, 2.45) is 0 Å². The Labute approximate surface area is 104 Å². The van der Waals surface area contributed by atoms with E-state index in [0.29, 0.717) is 19.4 Å². The molecule has 0 unspecified atom stereocenters. The molecular weight excluding hydrogens is 218 g/mol. The van der Waals surface area contributed by atoms with Gasteiger partial charge < -0.3 is 14.7 Å². The van der Waals surface area contributed by atoms with Crippen LogP contribution in [-0.2, 0) is 9.53 Å². The summed E-state index contributed by atoms with van der Waals surface area (Å²) in [5.74, 6) is 0.148. The van der Waals surface area contributed by atoms with Gasteiger partial charge in [0.15, 0.2) is 0 Å². The monoisotopic (exact) mass is 243 g/mol. The van der Waals surface area contributed by atoms with Gasteiger partial charge >= 0.3 is 0 Å². The molecule has 1 aliphatic carbocycles. The molecule has 0 atom stereocenters. The number of carbonyl (C=O) groups excluding carboxylic acids is 1. The van der Waals surface area contributed by atoms with E-state index in [1.54, 1.807) is 7.11 Å². The Morgan fingerprint density at radius 1 is 1.47 bits per heavy atom. The van der Waals surface area contributed by atoms with Crippen LogP contribution in [0.1, 0.15) is 46.0 Å². The molecule has 1 amide bonds. The number of hydrogen-bond donors (Lipinski definition) is 1. The van der Waals surface area contributed by atoms with Crippen molar-refractivity contribution in [2.75, 3.05) is 20.3 Å². The SMILES string of the molecule is COC1(CC(=O)N(CCCO)C(C)C)CCC1. The molecular formula is C13H25NO3. The lowest BCUT2D eigenvalue weighted by molar-refractivity contribution is -0.145. The van der Waals surface area contributed by atoms with Crippen LogP contribution in [0.15, 0.2) is 0 Å². The zero-order valence-corrected chi connectivity index (χ0v) is 11.2. The highest BCUT2D eigenvalue weighted by Gasteiger charge is 2.40. The van der Waals surface area contributed by atoms with Crippen LogP contribution in [0, 0.1) is 0 Å². The van der Waals surface area contributed by atoms with Crippen molar-refractivity contribution in [3.05, 3.63) is 0 Å². The summed E-state index contributed by atoms with van der Waals surface area (Å²) < 4.78 is 5.48. The lowest BCUT2D eigenvalue weighted by Gasteiger charge is -2.41. The van der Waals surface area contributed by atoms with Crippen LogP contribution in [0.2, 0.25) is 0 Å². The van der Waals surface area contributed by atoms with Gasteiger partial charge in [0.2, 0.25) is 5.91 Å². The third-order valence-corrected chi connectivity index (χ3v) is 3.67. The fraction of sp³-hybridized carbons (Fsp3) is 0.923. The topological polar surface area (TPSA) is 49.8 Å². The summed E-state index contributed by atoms with van der Waals surface area (Å²) in [5, 5.41) is 8.85. The highest BCUT2D eigenvalue weighted by atomic mass is 16.5. The number of amides is 1. The van der Waals surface area contributed by atoms with Crippen LogP contribution < -0.4 is 0 Å². The zero-order valence-electron chi connectivity index (χ0n) is 11.2. The van der Waals surface area contributed by atoms with E-state index in [9.17, 15) is 4.79 Å². The van der Waals surface area contributed by atoms with Crippen LogP contribution in [0.3, 0.4) is 0 Å². The summed E-state index contributed by atoms with van der Waals surface area (Å²) in [6, 6.07) is 0.183. The van der Waals surface area contributed by atoms with E-state index in [1.165, 1.54) is 0 Å². The van der Waals surface area contributed by atoms with E-state index < -0.39 is 0 Å². The van der Waals surface area contributed by atoms with Crippen molar-refractivity contribution in [1.82, 2.24) is 4.90 Å². The maximum atomic E-state index is 12.2. The first-order valence-electron chi connectivity index (χ1n) is 6.50. The predicted molar refractivity (Wildman–Crippen MR) is 66.8 cm³/mol. The Bertz CT molecular complexity index is 244. The Balaban J connectivity index is 2.52. The molecule has 100 valence electrons. The van der Waals surface area contributed by atoms with Gasteiger partial charge in [-0.15, -0.1) is 0 Å². The largest absolute Gasteiger partial charge is 0.396 e. The predicted octanol–water partition coefficient (Wildman–Crippen LogP) is 1.56. The smallest absolute Gasteiger partial charge is 0.225 e. The third kappa shape index (κ3) is 3.68. The molecule has 0 radical (unpaired) electrons. The molecule has 0 bridgehead atoms. The minimum absolute atomic E-state index is 0.131. The van der Waals surface area contributed by atoms with E-state index in [2.05, 4.69) is 0 Å². The maximum Gasteiger partial charge on any atom is 0.225 e. The molecule has 1 N–H and O–H groups in total. The van der Waals surface area contributed by atoms with Crippen LogP contribution in [0.25, 0.3) is 0 Å². The van der Waals surface area contributed by atoms with Gasteiger partial charge in [-0.2, -0.15) is 0 Å². The molecule has 0 spiro atoms. The third-order valence-electron chi connectivity index (χ3n) is 3.67. The van der Waals surface area contributed by atoms with Gasteiger partial charge in [-0.1, -0.05) is 0 Å². The molecule has 0 aromatic heterocycles. The molecule has 1 saturated carbocycles. The van der Waals surface area contributed by atoms with Gasteiger partial charge in [0.05, 0.1) is 12.0 Å². The van der Waals surface area contributed by atoms with Crippen LogP contribution in [0.5, 0.6) is 0 Å². The Morgan fingerprint density at radius 3 is 2.47 bits per heavy atom. The lowest BCUT2D eigenvalue weighted by Crippen LogP contribution is -2.47. The summed E-state index contributed by atoms with van der Waals surface area (Å²) >= 11 is 0. The van der Waals surface area contributed by atoms with Crippen LogP contribution >= 0.6 is 0 Å². The molecule has 17 heavy (non-hydrogen) atoms. The van der Waals surface area contributed by atoms with E-state index in [-0.39, 0.29) is 24.2 Å². The number of methoxy groups -OCH3 is 1. The average Bonchev–Trinajstić information content (AvgIpc) is 2.23. The Kier molecular flexibility index (Phi) is 5.40. The number of nitrogens with zero attached hydrogens (tertiary/aromatic N) is 1. The quantitative estimate of drug-likeness (QED) is 0.738. The molecule has 1 fully saturated rings. The Hall–Kier alpha value is -0.610. The standard InChI is InChI=1S/C13H25NO3/c1-11(2)14(8-5-9-15)12(16)10-13(17-3)6-4-7-13/h11,15H,4-10H2,1-3H3. The fourth-order valence-electron chi connectivity index (χ4n) is 2.31. The molecule has 4 heteroatoms. The van der Waals surface area contributed by atoms with Gasteiger partial charge in [0.25, 0.3) is 0 Å². The second-order valence-electron chi connectivity index (χ2n) is 5.18. The summed E-state index contributed by atoms with van der Waals surface area (Å²) in [6.45, 7) is 4.78. The normalized spacial score (nSPS) is 17.9. The number of rotatable bonds is 7. The maximum absolute atomic E-state index is 12.2. The molecule has 0 aromatic rings. The summed E-state index contributed by atoms with van der Waals surface area (Å²) in [4.78, 5) is 14.1. The summed E-state index contributed by atoms with van der Waals surface area (Å²) in [7, 11) is 1.69. The van der Waals surface area contributed by atoms with Crippen molar-refractivity contribution < 1.29 is 14.6 Å². The second-order valence-corrected chi connectivity index (χ2v) is 5.18. The van der Waals surface area contributed by atoms with Crippen molar-refractivity contribution >= 4 is 5.91 Å². The van der Waals surface area contributed by atoms with E-state index in [4.69, 9.17) is 9.84 Å². The fourth-order valence-corrected chi connectivity index (χ4v) is 2.31. The second kappa shape index (κ2) is 6.36. The lowest BCUT2D eigenvalue weighted by atomic mass is 9.77. The first-order valence-corrected chi connectivity index (χ1v) is 6.50. The Morgan fingerprint density at radius 2 is 2.12 bits per heavy atom. The molecule has 1 rings (SSSR count). The van der Waals surface area contributed by atoms with Gasteiger partial charge in [-0.05, 0) is 39.5 Å². The highest BCUT2D eigenvalue weighted by molar-refractivity contribution is 5.77. The van der Waals surface area contributed by atoms with E-state index in [1.807, 2.05) is 18.7 Å². The number of hydrogen-bond acceptors (Lipinski definition) is 3. The first kappa shape index (κ1) is 14.5. The van der Waals surface area contributed by atoms with Gasteiger partial charge in [-0.25, -0.2) is 0 Å². The van der Waals surface area contributed by atoms with Crippen LogP contribution in [0.4, 0.5) is 0 Å². The van der Waals surface area contributed by atoms with E-state index in [0.717, 1.165) is 19.3 Å². The van der Waals surface area contributed by atoms with Crippen LogP contribution in [-0.4, -0.2) is 47.8 Å². The highest BCUT2D eigenvalue weighted by Crippen LogP contribution is 2.38. The van der Waals surface area contributed by atoms with Crippen molar-refractivity contribution in [3.63, 3.8) is 0 Å². The summed E-state index contributed by atoms with van der Waals surface area (Å²) in [6.07, 6.45) is 4.25. The zero-order chi connectivity index (χ0) is 12.9. The first-order chi connectivity index (χ1) is 8.04.